The molecule has 0 heterocycles. The van der Waals surface area contributed by atoms with Crippen LogP contribution >= 0.6 is 0 Å². The van der Waals surface area contributed by atoms with Crippen LogP contribution in [-0.2, 0) is 10.2 Å². The molecule has 1 atom stereocenters. The van der Waals surface area contributed by atoms with Gasteiger partial charge in [-0.1, -0.05) is 85.5 Å². The summed E-state index contributed by atoms with van der Waals surface area (Å²) in [7, 11) is -3.42. The third kappa shape index (κ3) is 13.2. The first-order valence-corrected chi connectivity index (χ1v) is 11.5. The highest BCUT2D eigenvalue weighted by molar-refractivity contribution is 7.87. The first-order valence-electron chi connectivity index (χ1n) is 10.0. The maximum absolute atomic E-state index is 12.4. The van der Waals surface area contributed by atoms with Crippen LogP contribution in [0.2, 0.25) is 0 Å². The Bertz CT molecular complexity index is 396. The van der Waals surface area contributed by atoms with E-state index in [-0.39, 0.29) is 5.54 Å². The van der Waals surface area contributed by atoms with E-state index in [1.54, 1.807) is 0 Å². The normalized spacial score (nSPS) is 14.9. The van der Waals surface area contributed by atoms with E-state index in [4.69, 9.17) is 0 Å². The average Bonchev–Trinajstić information content (AvgIpc) is 2.49. The summed E-state index contributed by atoms with van der Waals surface area (Å²) in [6, 6.07) is 0. The average molecular weight is 363 g/mol. The molecule has 24 heavy (non-hydrogen) atoms. The Balaban J connectivity index is 4.58. The van der Waals surface area contributed by atoms with Gasteiger partial charge in [-0.25, -0.2) is 4.72 Å². The molecular formula is C19H42N2O2S. The summed E-state index contributed by atoms with van der Waals surface area (Å²) < 4.78 is 30.3. The number of hydrogen-bond acceptors (Lipinski definition) is 2. The summed E-state index contributed by atoms with van der Waals surface area (Å²) in [5, 5.41) is 0. The van der Waals surface area contributed by atoms with Gasteiger partial charge in [0.05, 0.1) is 0 Å². The fourth-order valence-corrected chi connectivity index (χ4v) is 4.40. The molecule has 0 aromatic carbocycles. The molecule has 0 saturated carbocycles. The molecule has 0 bridgehead atoms. The lowest BCUT2D eigenvalue weighted by Crippen LogP contribution is -2.51. The van der Waals surface area contributed by atoms with Gasteiger partial charge in [-0.15, -0.1) is 0 Å². The molecule has 146 valence electrons. The van der Waals surface area contributed by atoms with E-state index in [1.165, 1.54) is 44.9 Å². The monoisotopic (exact) mass is 362 g/mol. The predicted octanol–water partition coefficient (Wildman–Crippen LogP) is 5.16. The van der Waals surface area contributed by atoms with Crippen molar-refractivity contribution in [3.8, 4) is 0 Å². The van der Waals surface area contributed by atoms with Crippen LogP contribution in [0.4, 0.5) is 0 Å². The molecule has 0 saturated heterocycles. The Morgan fingerprint density at radius 3 is 1.75 bits per heavy atom. The van der Waals surface area contributed by atoms with Crippen molar-refractivity contribution in [3.05, 3.63) is 0 Å². The minimum atomic E-state index is -3.42. The molecule has 0 aromatic heterocycles. The van der Waals surface area contributed by atoms with E-state index in [1.807, 2.05) is 13.8 Å². The highest BCUT2D eigenvalue weighted by Gasteiger charge is 2.28. The largest absolute Gasteiger partial charge is 0.277 e. The summed E-state index contributed by atoms with van der Waals surface area (Å²) in [5.41, 5.74) is -0.331. The van der Waals surface area contributed by atoms with E-state index in [2.05, 4.69) is 30.2 Å². The van der Waals surface area contributed by atoms with Crippen molar-refractivity contribution in [2.75, 3.05) is 6.54 Å². The van der Waals surface area contributed by atoms with Gasteiger partial charge in [0.25, 0.3) is 10.2 Å². The van der Waals surface area contributed by atoms with Crippen molar-refractivity contribution in [1.82, 2.24) is 9.44 Å². The molecule has 5 heteroatoms. The van der Waals surface area contributed by atoms with E-state index in [0.29, 0.717) is 12.5 Å². The topological polar surface area (TPSA) is 58.2 Å². The van der Waals surface area contributed by atoms with Crippen molar-refractivity contribution in [2.24, 2.45) is 5.92 Å². The first-order chi connectivity index (χ1) is 11.2. The van der Waals surface area contributed by atoms with Crippen LogP contribution in [-0.4, -0.2) is 20.5 Å². The van der Waals surface area contributed by atoms with Crippen LogP contribution in [0.3, 0.4) is 0 Å². The number of rotatable bonds is 16. The zero-order chi connectivity index (χ0) is 18.5. The van der Waals surface area contributed by atoms with Gasteiger partial charge < -0.3 is 0 Å². The molecule has 0 aliphatic rings. The lowest BCUT2D eigenvalue weighted by atomic mass is 9.89. The number of unbranched alkanes of at least 4 members (excludes halogenated alkanes) is 7. The smallest absolute Gasteiger partial charge is 0.202 e. The summed E-state index contributed by atoms with van der Waals surface area (Å²) in [5.74, 6) is 0.312. The molecule has 2 N–H and O–H groups in total. The lowest BCUT2D eigenvalue weighted by Gasteiger charge is -2.31. The standard InChI is InChI=1S/C19H42N2O2S/c1-6-8-10-12-14-16-19(5,15-13-11-9-7-2)21-24(22,23)20-17-18(3)4/h18,20-21H,6-17H2,1-5H3. The minimum absolute atomic E-state index is 0.312. The van der Waals surface area contributed by atoms with Crippen LogP contribution < -0.4 is 9.44 Å². The molecule has 0 rings (SSSR count). The van der Waals surface area contributed by atoms with Crippen LogP contribution in [0.5, 0.6) is 0 Å². The minimum Gasteiger partial charge on any atom is -0.202 e. The maximum Gasteiger partial charge on any atom is 0.277 e. The predicted molar refractivity (Wildman–Crippen MR) is 105 cm³/mol. The van der Waals surface area contributed by atoms with Crippen LogP contribution in [0.15, 0.2) is 0 Å². The highest BCUT2D eigenvalue weighted by Crippen LogP contribution is 2.23. The Morgan fingerprint density at radius 1 is 0.833 bits per heavy atom. The fourth-order valence-electron chi connectivity index (χ4n) is 2.92. The Morgan fingerprint density at radius 2 is 1.29 bits per heavy atom. The van der Waals surface area contributed by atoms with E-state index < -0.39 is 10.2 Å². The molecule has 1 unspecified atom stereocenters. The van der Waals surface area contributed by atoms with Gasteiger partial charge in [0.2, 0.25) is 0 Å². The quantitative estimate of drug-likeness (QED) is 0.373. The second kappa shape index (κ2) is 13.1. The van der Waals surface area contributed by atoms with Crippen LogP contribution in [0.1, 0.15) is 105 Å². The molecular weight excluding hydrogens is 320 g/mol. The SMILES string of the molecule is CCCCCCCC(C)(CCCCCC)NS(=O)(=O)NCC(C)C. The van der Waals surface area contributed by atoms with Gasteiger partial charge in [-0.2, -0.15) is 13.1 Å². The Labute approximate surface area is 151 Å². The van der Waals surface area contributed by atoms with Gasteiger partial charge in [-0.3, -0.25) is 0 Å². The van der Waals surface area contributed by atoms with Crippen molar-refractivity contribution >= 4 is 10.2 Å². The van der Waals surface area contributed by atoms with Gasteiger partial charge in [0.15, 0.2) is 0 Å². The zero-order valence-corrected chi connectivity index (χ0v) is 17.6. The highest BCUT2D eigenvalue weighted by atomic mass is 32.2. The summed E-state index contributed by atoms with van der Waals surface area (Å²) in [6.07, 6.45) is 12.6. The molecule has 0 spiro atoms. The lowest BCUT2D eigenvalue weighted by molar-refractivity contribution is 0.329. The van der Waals surface area contributed by atoms with Crippen molar-refractivity contribution in [2.45, 2.75) is 111 Å². The van der Waals surface area contributed by atoms with Crippen molar-refractivity contribution in [1.29, 1.82) is 0 Å². The van der Waals surface area contributed by atoms with Gasteiger partial charge in [-0.05, 0) is 25.7 Å². The first kappa shape index (κ1) is 23.9. The molecule has 0 aliphatic carbocycles. The van der Waals surface area contributed by atoms with Gasteiger partial charge >= 0.3 is 0 Å². The zero-order valence-electron chi connectivity index (χ0n) is 16.8. The molecule has 0 radical (unpaired) electrons. The van der Waals surface area contributed by atoms with Crippen molar-refractivity contribution < 1.29 is 8.42 Å². The van der Waals surface area contributed by atoms with Crippen molar-refractivity contribution in [3.63, 3.8) is 0 Å². The summed E-state index contributed by atoms with van der Waals surface area (Å²) >= 11 is 0. The molecule has 0 aromatic rings. The third-order valence-corrected chi connectivity index (χ3v) is 5.78. The second-order valence-electron chi connectivity index (χ2n) is 7.88. The second-order valence-corrected chi connectivity index (χ2v) is 9.38. The maximum atomic E-state index is 12.4. The Kier molecular flexibility index (Phi) is 13.1. The van der Waals surface area contributed by atoms with E-state index in [9.17, 15) is 8.42 Å². The third-order valence-electron chi connectivity index (χ3n) is 4.48. The fraction of sp³-hybridized carbons (Fsp3) is 1.00. The summed E-state index contributed by atoms with van der Waals surface area (Å²) in [6.45, 7) is 11.0. The van der Waals surface area contributed by atoms with Crippen LogP contribution in [0, 0.1) is 5.92 Å². The number of hydrogen-bond donors (Lipinski definition) is 2. The van der Waals surface area contributed by atoms with E-state index >= 15 is 0 Å². The van der Waals surface area contributed by atoms with Gasteiger partial charge in [0, 0.05) is 12.1 Å². The van der Waals surface area contributed by atoms with Crippen LogP contribution in [0.25, 0.3) is 0 Å². The summed E-state index contributed by atoms with van der Waals surface area (Å²) in [4.78, 5) is 0. The van der Waals surface area contributed by atoms with Gasteiger partial charge in [0.1, 0.15) is 0 Å². The Hall–Kier alpha value is -0.130. The molecule has 4 nitrogen and oxygen atoms in total. The molecule has 0 fully saturated rings. The van der Waals surface area contributed by atoms with E-state index in [0.717, 1.165) is 25.7 Å². The molecule has 0 amide bonds. The molecule has 0 aliphatic heterocycles. The number of nitrogens with one attached hydrogen (secondary N) is 2.